The molecular formula is C31H36F5N3O2S. The fourth-order valence-corrected chi connectivity index (χ4v) is 5.44. The Hall–Kier alpha value is -2.86. The Balaban J connectivity index is 1.57. The number of carbonyl (C=O) groups excluding carboxylic acids is 1. The van der Waals surface area contributed by atoms with Crippen LogP contribution in [0.1, 0.15) is 49.9 Å². The molecule has 3 rings (SSSR count). The van der Waals surface area contributed by atoms with Gasteiger partial charge in [0.2, 0.25) is 0 Å². The highest BCUT2D eigenvalue weighted by molar-refractivity contribution is 7.97. The first-order valence-electron chi connectivity index (χ1n) is 13.6. The average Bonchev–Trinajstić information content (AvgIpc) is 2.92. The third-order valence-corrected chi connectivity index (χ3v) is 7.65. The van der Waals surface area contributed by atoms with Crippen LogP contribution in [-0.4, -0.2) is 52.5 Å². The lowest BCUT2D eigenvalue weighted by Crippen LogP contribution is -2.45. The summed E-state index contributed by atoms with van der Waals surface area (Å²) in [5.41, 5.74) is 0.407. The Morgan fingerprint density at radius 2 is 1.76 bits per heavy atom. The van der Waals surface area contributed by atoms with Gasteiger partial charge in [-0.1, -0.05) is 12.1 Å². The van der Waals surface area contributed by atoms with Crippen molar-refractivity contribution < 1.29 is 31.9 Å². The lowest BCUT2D eigenvalue weighted by molar-refractivity contribution is -0.137. The first kappa shape index (κ1) is 33.6. The highest BCUT2D eigenvalue weighted by Crippen LogP contribution is 2.36. The number of aromatic nitrogens is 1. The summed E-state index contributed by atoms with van der Waals surface area (Å²) in [6, 6.07) is 11.0. The average molecular weight is 610 g/mol. The summed E-state index contributed by atoms with van der Waals surface area (Å²) < 4.78 is 70.5. The molecule has 0 amide bonds. The number of nitrogens with zero attached hydrogens (tertiary/aromatic N) is 2. The molecule has 1 unspecified atom stereocenters. The summed E-state index contributed by atoms with van der Waals surface area (Å²) in [6.45, 7) is 4.27. The van der Waals surface area contributed by atoms with Gasteiger partial charge in [0.25, 0.3) is 0 Å². The quantitative estimate of drug-likeness (QED) is 0.111. The molecule has 1 atom stereocenters. The van der Waals surface area contributed by atoms with Crippen molar-refractivity contribution in [3.05, 3.63) is 83.2 Å². The number of halogens is 5. The molecule has 0 spiro atoms. The minimum atomic E-state index is -4.55. The van der Waals surface area contributed by atoms with Crippen LogP contribution in [0.15, 0.2) is 59.6 Å². The van der Waals surface area contributed by atoms with Crippen molar-refractivity contribution in [2.45, 2.75) is 68.7 Å². The molecular weight excluding hydrogens is 573 g/mol. The molecule has 3 aromatic rings. The van der Waals surface area contributed by atoms with Gasteiger partial charge in [0.05, 0.1) is 11.7 Å². The number of carbonyl (C=O) groups is 1. The lowest BCUT2D eigenvalue weighted by Gasteiger charge is -2.29. The van der Waals surface area contributed by atoms with E-state index in [9.17, 15) is 31.9 Å². The molecule has 0 aliphatic rings. The maximum Gasteiger partial charge on any atom is 0.416 e. The van der Waals surface area contributed by atoms with E-state index >= 15 is 0 Å². The van der Waals surface area contributed by atoms with Crippen LogP contribution in [0.5, 0.6) is 0 Å². The molecule has 0 aliphatic heterocycles. The zero-order valence-electron chi connectivity index (χ0n) is 23.8. The fraction of sp³-hybridized carbons (Fsp3) is 0.419. The minimum absolute atomic E-state index is 0.0626. The van der Waals surface area contributed by atoms with Gasteiger partial charge >= 0.3 is 6.18 Å². The van der Waals surface area contributed by atoms with E-state index in [4.69, 9.17) is 0 Å². The molecule has 11 heteroatoms. The molecule has 5 nitrogen and oxygen atoms in total. The largest absolute Gasteiger partial charge is 0.416 e. The van der Waals surface area contributed by atoms with Crippen molar-refractivity contribution in [2.75, 3.05) is 20.1 Å². The maximum absolute atomic E-state index is 13.9. The highest BCUT2D eigenvalue weighted by atomic mass is 32.2. The number of aryl methyl sites for hydroxylation is 1. The third-order valence-electron chi connectivity index (χ3n) is 6.75. The van der Waals surface area contributed by atoms with Crippen molar-refractivity contribution >= 4 is 18.2 Å². The Morgan fingerprint density at radius 3 is 2.38 bits per heavy atom. The molecule has 0 aliphatic carbocycles. The number of rotatable bonds is 15. The van der Waals surface area contributed by atoms with Crippen LogP contribution in [0, 0.1) is 11.6 Å². The van der Waals surface area contributed by atoms with Gasteiger partial charge in [-0.05, 0) is 100 Å². The van der Waals surface area contributed by atoms with Crippen molar-refractivity contribution in [3.8, 4) is 11.1 Å². The van der Waals surface area contributed by atoms with Gasteiger partial charge in [-0.2, -0.15) is 13.2 Å². The second-order valence-corrected chi connectivity index (χ2v) is 12.1. The van der Waals surface area contributed by atoms with Crippen LogP contribution in [-0.2, 0) is 23.8 Å². The van der Waals surface area contributed by atoms with E-state index < -0.39 is 35.0 Å². The Morgan fingerprint density at radius 1 is 1.05 bits per heavy atom. The van der Waals surface area contributed by atoms with Crippen molar-refractivity contribution in [2.24, 2.45) is 0 Å². The molecule has 0 saturated carbocycles. The SMILES string of the molecule is CN(CC(O)CNC(C)(C)CCCc1c(F)cccc1F)Sc1cc(-c2ccc(CCC=O)nc2)cc(C(F)(F)F)c1. The van der Waals surface area contributed by atoms with Gasteiger partial charge in [-0.15, -0.1) is 0 Å². The van der Waals surface area contributed by atoms with Crippen molar-refractivity contribution in [1.82, 2.24) is 14.6 Å². The minimum Gasteiger partial charge on any atom is -0.390 e. The molecule has 2 aromatic carbocycles. The summed E-state index contributed by atoms with van der Waals surface area (Å²) in [6.07, 6.45) is -0.901. The smallest absolute Gasteiger partial charge is 0.390 e. The van der Waals surface area contributed by atoms with E-state index in [0.717, 1.165) is 30.4 Å². The number of pyridine rings is 1. The van der Waals surface area contributed by atoms with Crippen molar-refractivity contribution in [3.63, 3.8) is 0 Å². The van der Waals surface area contributed by atoms with E-state index in [1.54, 1.807) is 29.6 Å². The van der Waals surface area contributed by atoms with Gasteiger partial charge in [0, 0.05) is 53.0 Å². The third kappa shape index (κ3) is 10.4. The first-order valence-corrected chi connectivity index (χ1v) is 14.4. The molecule has 2 N–H and O–H groups in total. The molecule has 42 heavy (non-hydrogen) atoms. The number of alkyl halides is 3. The summed E-state index contributed by atoms with van der Waals surface area (Å²) in [7, 11) is 1.69. The van der Waals surface area contributed by atoms with Crippen LogP contribution in [0.4, 0.5) is 22.0 Å². The van der Waals surface area contributed by atoms with Crippen LogP contribution in [0.25, 0.3) is 11.1 Å². The predicted molar refractivity (Wildman–Crippen MR) is 155 cm³/mol. The second kappa shape index (κ2) is 15.0. The highest BCUT2D eigenvalue weighted by Gasteiger charge is 2.31. The molecule has 0 radical (unpaired) electrons. The lowest BCUT2D eigenvalue weighted by atomic mass is 9.95. The number of benzene rings is 2. The standard InChI is InChI=1S/C31H36F5N3O2S/c1-30(2,13-5-8-27-28(32)9-4-10-29(27)33)38-19-25(41)20-39(3)42-26-16-22(15-23(17-26)31(34,35)36)21-11-12-24(37-18-21)7-6-14-40/h4,9-12,14-18,25,38,41H,5-8,13,19-20H2,1-3H3. The summed E-state index contributed by atoms with van der Waals surface area (Å²) in [5.74, 6) is -1.13. The van der Waals surface area contributed by atoms with Gasteiger partial charge < -0.3 is 15.2 Å². The Labute approximate surface area is 247 Å². The second-order valence-electron chi connectivity index (χ2n) is 10.9. The van der Waals surface area contributed by atoms with E-state index in [0.29, 0.717) is 47.4 Å². The normalized spacial score (nSPS) is 13.0. The zero-order valence-corrected chi connectivity index (χ0v) is 24.7. The molecule has 0 bridgehead atoms. The first-order chi connectivity index (χ1) is 19.8. The van der Waals surface area contributed by atoms with Gasteiger partial charge in [-0.25, -0.2) is 13.1 Å². The molecule has 1 aromatic heterocycles. The number of hydrogen-bond acceptors (Lipinski definition) is 6. The monoisotopic (exact) mass is 609 g/mol. The number of nitrogens with one attached hydrogen (secondary N) is 1. The van der Waals surface area contributed by atoms with Gasteiger partial charge in [-0.3, -0.25) is 4.98 Å². The van der Waals surface area contributed by atoms with Gasteiger partial charge in [0.15, 0.2) is 0 Å². The van der Waals surface area contributed by atoms with Crippen LogP contribution in [0.2, 0.25) is 0 Å². The summed E-state index contributed by atoms with van der Waals surface area (Å²) >= 11 is 1.09. The van der Waals surface area contributed by atoms with Gasteiger partial charge in [0.1, 0.15) is 17.9 Å². The number of β-amino-alcohol motifs (C(OH)–C–C–N with tert-alkyl or cyclic N) is 1. The number of aliphatic hydroxyl groups is 1. The predicted octanol–water partition coefficient (Wildman–Crippen LogP) is 6.87. The van der Waals surface area contributed by atoms with E-state index in [1.165, 1.54) is 24.4 Å². The van der Waals surface area contributed by atoms with Crippen LogP contribution in [0.3, 0.4) is 0 Å². The molecule has 228 valence electrons. The molecule has 1 heterocycles. The zero-order chi connectivity index (χ0) is 30.9. The Bertz CT molecular complexity index is 1300. The summed E-state index contributed by atoms with van der Waals surface area (Å²) in [4.78, 5) is 15.2. The van der Waals surface area contributed by atoms with Crippen LogP contribution < -0.4 is 5.32 Å². The fourth-order valence-electron chi connectivity index (χ4n) is 4.47. The number of likely N-dealkylation sites (N-methyl/N-ethyl adjacent to an activating group) is 1. The van der Waals surface area contributed by atoms with E-state index in [1.807, 2.05) is 13.8 Å². The van der Waals surface area contributed by atoms with E-state index in [-0.39, 0.29) is 25.1 Å². The number of aliphatic hydroxyl groups excluding tert-OH is 1. The number of hydrogen-bond donors (Lipinski definition) is 2. The van der Waals surface area contributed by atoms with E-state index in [2.05, 4.69) is 10.3 Å². The molecule has 0 saturated heterocycles. The summed E-state index contributed by atoms with van der Waals surface area (Å²) in [5, 5.41) is 13.9. The van der Waals surface area contributed by atoms with Crippen molar-refractivity contribution in [1.29, 1.82) is 0 Å². The Kier molecular flexibility index (Phi) is 12.0. The maximum atomic E-state index is 13.9. The van der Waals surface area contributed by atoms with Crippen LogP contribution >= 0.6 is 11.9 Å². The topological polar surface area (TPSA) is 65.5 Å². The number of aldehydes is 1. The molecule has 0 fully saturated rings.